The summed E-state index contributed by atoms with van der Waals surface area (Å²) in [5.74, 6) is 0.484. The maximum Gasteiger partial charge on any atom is 0.273 e. The molecule has 0 bridgehead atoms. The molecule has 1 fully saturated rings. The Balaban J connectivity index is 1.61. The van der Waals surface area contributed by atoms with Crippen LogP contribution in [0.5, 0.6) is 0 Å². The van der Waals surface area contributed by atoms with Crippen LogP contribution in [-0.2, 0) is 0 Å². The Hall–Kier alpha value is -1.36. The van der Waals surface area contributed by atoms with Crippen LogP contribution < -0.4 is 10.6 Å². The summed E-state index contributed by atoms with van der Waals surface area (Å²) in [4.78, 5) is 11.6. The van der Waals surface area contributed by atoms with E-state index in [0.29, 0.717) is 24.0 Å². The summed E-state index contributed by atoms with van der Waals surface area (Å²) in [6.07, 6.45) is 6.53. The van der Waals surface area contributed by atoms with Crippen LogP contribution >= 0.6 is 0 Å². The maximum atomic E-state index is 11.6. The molecule has 0 atom stereocenters. The summed E-state index contributed by atoms with van der Waals surface area (Å²) < 4.78 is 4.86. The molecule has 1 aliphatic rings. The second-order valence-electron chi connectivity index (χ2n) is 4.87. The highest BCUT2D eigenvalue weighted by Crippen LogP contribution is 2.16. The summed E-state index contributed by atoms with van der Waals surface area (Å²) in [6, 6.07) is 2.27. The van der Waals surface area contributed by atoms with Crippen LogP contribution in [0.4, 0.5) is 0 Å². The Kier molecular flexibility index (Phi) is 4.75. The van der Waals surface area contributed by atoms with E-state index in [1.807, 2.05) is 0 Å². The zero-order valence-corrected chi connectivity index (χ0v) is 10.9. The molecule has 0 aliphatic heterocycles. The summed E-state index contributed by atoms with van der Waals surface area (Å²) in [6.45, 7) is 3.21. The number of aryl methyl sites for hydroxylation is 1. The minimum absolute atomic E-state index is 0.169. The average Bonchev–Trinajstić information content (AvgIpc) is 2.82. The summed E-state index contributed by atoms with van der Waals surface area (Å²) >= 11 is 0. The van der Waals surface area contributed by atoms with Crippen molar-refractivity contribution in [1.82, 2.24) is 15.8 Å². The van der Waals surface area contributed by atoms with Crippen molar-refractivity contribution in [3.8, 4) is 0 Å². The van der Waals surface area contributed by atoms with Crippen LogP contribution in [0.3, 0.4) is 0 Å². The van der Waals surface area contributed by atoms with Gasteiger partial charge in [-0.3, -0.25) is 4.79 Å². The number of hydrogen-bond donors (Lipinski definition) is 2. The predicted molar refractivity (Wildman–Crippen MR) is 68.4 cm³/mol. The molecule has 0 radical (unpaired) electrons. The monoisotopic (exact) mass is 251 g/mol. The molecule has 0 aromatic carbocycles. The fraction of sp³-hybridized carbons (Fsp3) is 0.692. The van der Waals surface area contributed by atoms with Crippen LogP contribution in [0.15, 0.2) is 10.6 Å². The molecule has 0 unspecified atom stereocenters. The van der Waals surface area contributed by atoms with Crippen molar-refractivity contribution in [2.75, 3.05) is 13.1 Å². The molecule has 2 N–H and O–H groups in total. The van der Waals surface area contributed by atoms with Gasteiger partial charge in [0.25, 0.3) is 5.91 Å². The minimum Gasteiger partial charge on any atom is -0.361 e. The normalized spacial score (nSPS) is 16.7. The molecular weight excluding hydrogens is 230 g/mol. The van der Waals surface area contributed by atoms with Crippen molar-refractivity contribution >= 4 is 5.91 Å². The zero-order valence-electron chi connectivity index (χ0n) is 10.9. The SMILES string of the molecule is Cc1cc(C(=O)NCCNC2CCCCC2)no1. The highest BCUT2D eigenvalue weighted by atomic mass is 16.5. The molecule has 1 aliphatic carbocycles. The number of hydrogen-bond acceptors (Lipinski definition) is 4. The Morgan fingerprint density at radius 1 is 1.39 bits per heavy atom. The molecule has 5 nitrogen and oxygen atoms in total. The fourth-order valence-corrected chi connectivity index (χ4v) is 2.32. The van der Waals surface area contributed by atoms with Gasteiger partial charge in [-0.2, -0.15) is 0 Å². The van der Waals surface area contributed by atoms with Crippen LogP contribution in [0, 0.1) is 6.92 Å². The van der Waals surface area contributed by atoms with E-state index < -0.39 is 0 Å². The third kappa shape index (κ3) is 3.84. The molecule has 1 amide bonds. The van der Waals surface area contributed by atoms with E-state index in [4.69, 9.17) is 4.52 Å². The van der Waals surface area contributed by atoms with Crippen LogP contribution in [0.2, 0.25) is 0 Å². The van der Waals surface area contributed by atoms with Crippen LogP contribution in [0.1, 0.15) is 48.4 Å². The van der Waals surface area contributed by atoms with Gasteiger partial charge in [0.1, 0.15) is 5.76 Å². The Morgan fingerprint density at radius 2 is 2.17 bits per heavy atom. The molecule has 100 valence electrons. The third-order valence-corrected chi connectivity index (χ3v) is 3.31. The predicted octanol–water partition coefficient (Wildman–Crippen LogP) is 1.64. The number of amides is 1. The fourth-order valence-electron chi connectivity index (χ4n) is 2.32. The number of nitrogens with one attached hydrogen (secondary N) is 2. The van der Waals surface area contributed by atoms with E-state index >= 15 is 0 Å². The van der Waals surface area contributed by atoms with Crippen molar-refractivity contribution in [2.24, 2.45) is 0 Å². The van der Waals surface area contributed by atoms with E-state index in [9.17, 15) is 4.79 Å². The second kappa shape index (κ2) is 6.54. The molecule has 18 heavy (non-hydrogen) atoms. The van der Waals surface area contributed by atoms with Crippen LogP contribution in [-0.4, -0.2) is 30.2 Å². The van der Waals surface area contributed by atoms with Gasteiger partial charge in [0.2, 0.25) is 0 Å². The highest BCUT2D eigenvalue weighted by molar-refractivity contribution is 5.92. The van der Waals surface area contributed by atoms with Crippen LogP contribution in [0.25, 0.3) is 0 Å². The van der Waals surface area contributed by atoms with Gasteiger partial charge in [0.15, 0.2) is 5.69 Å². The lowest BCUT2D eigenvalue weighted by Gasteiger charge is -2.22. The van der Waals surface area contributed by atoms with Crippen molar-refractivity contribution in [3.05, 3.63) is 17.5 Å². The molecule has 0 saturated heterocycles. The number of nitrogens with zero attached hydrogens (tertiary/aromatic N) is 1. The van der Waals surface area contributed by atoms with E-state index in [2.05, 4.69) is 15.8 Å². The standard InChI is InChI=1S/C13H21N3O2/c1-10-9-12(16-18-10)13(17)15-8-7-14-11-5-3-2-4-6-11/h9,11,14H,2-8H2,1H3,(H,15,17). The highest BCUT2D eigenvalue weighted by Gasteiger charge is 2.13. The second-order valence-corrected chi connectivity index (χ2v) is 4.87. The largest absolute Gasteiger partial charge is 0.361 e. The first-order valence-corrected chi connectivity index (χ1v) is 6.70. The Morgan fingerprint density at radius 3 is 2.83 bits per heavy atom. The number of carbonyl (C=O) groups is 1. The first-order valence-electron chi connectivity index (χ1n) is 6.70. The zero-order chi connectivity index (χ0) is 12.8. The summed E-state index contributed by atoms with van der Waals surface area (Å²) in [5.41, 5.74) is 0.352. The maximum absolute atomic E-state index is 11.6. The molecule has 0 spiro atoms. The molecule has 1 heterocycles. The summed E-state index contributed by atoms with van der Waals surface area (Å²) in [7, 11) is 0. The van der Waals surface area contributed by atoms with Gasteiger partial charge in [-0.25, -0.2) is 0 Å². The van der Waals surface area contributed by atoms with Crippen molar-refractivity contribution in [3.63, 3.8) is 0 Å². The average molecular weight is 251 g/mol. The van der Waals surface area contributed by atoms with Gasteiger partial charge < -0.3 is 15.2 Å². The van der Waals surface area contributed by atoms with E-state index in [0.717, 1.165) is 6.54 Å². The van der Waals surface area contributed by atoms with Gasteiger partial charge in [0.05, 0.1) is 0 Å². The molecule has 1 saturated carbocycles. The number of rotatable bonds is 5. The van der Waals surface area contributed by atoms with Gasteiger partial charge >= 0.3 is 0 Å². The Labute approximate surface area is 107 Å². The van der Waals surface area contributed by atoms with Crippen molar-refractivity contribution in [1.29, 1.82) is 0 Å². The molecule has 1 aromatic rings. The minimum atomic E-state index is -0.169. The van der Waals surface area contributed by atoms with Gasteiger partial charge in [0, 0.05) is 25.2 Å². The Bertz CT molecular complexity index is 383. The lowest BCUT2D eigenvalue weighted by molar-refractivity contribution is 0.0944. The quantitative estimate of drug-likeness (QED) is 0.781. The lowest BCUT2D eigenvalue weighted by Crippen LogP contribution is -2.38. The van der Waals surface area contributed by atoms with Crippen molar-refractivity contribution < 1.29 is 9.32 Å². The summed E-state index contributed by atoms with van der Waals surface area (Å²) in [5, 5.41) is 9.98. The molecule has 1 aromatic heterocycles. The topological polar surface area (TPSA) is 67.2 Å². The number of carbonyl (C=O) groups excluding carboxylic acids is 1. The van der Waals surface area contributed by atoms with Gasteiger partial charge in [-0.05, 0) is 19.8 Å². The first-order chi connectivity index (χ1) is 8.75. The number of aromatic nitrogens is 1. The van der Waals surface area contributed by atoms with E-state index in [1.54, 1.807) is 13.0 Å². The smallest absolute Gasteiger partial charge is 0.273 e. The van der Waals surface area contributed by atoms with E-state index in [1.165, 1.54) is 32.1 Å². The molecule has 5 heteroatoms. The van der Waals surface area contributed by atoms with Gasteiger partial charge in [-0.1, -0.05) is 24.4 Å². The van der Waals surface area contributed by atoms with E-state index in [-0.39, 0.29) is 5.91 Å². The van der Waals surface area contributed by atoms with Gasteiger partial charge in [-0.15, -0.1) is 0 Å². The molecular formula is C13H21N3O2. The molecule has 2 rings (SSSR count). The van der Waals surface area contributed by atoms with Crippen molar-refractivity contribution in [2.45, 2.75) is 45.1 Å². The lowest BCUT2D eigenvalue weighted by atomic mass is 9.95. The third-order valence-electron chi connectivity index (χ3n) is 3.31. The first kappa shape index (κ1) is 13.1.